The van der Waals surface area contributed by atoms with Gasteiger partial charge in [-0.05, 0) is 56.6 Å². The highest BCUT2D eigenvalue weighted by molar-refractivity contribution is 6.20. The summed E-state index contributed by atoms with van der Waals surface area (Å²) in [6, 6.07) is 21.3. The Morgan fingerprint density at radius 3 is 2.20 bits per heavy atom. The van der Waals surface area contributed by atoms with E-state index in [1.54, 1.807) is 14.2 Å². The maximum atomic E-state index is 5.78. The van der Waals surface area contributed by atoms with Crippen LogP contribution < -0.4 is 9.47 Å². The van der Waals surface area contributed by atoms with Crippen LogP contribution >= 0.6 is 0 Å². The fourth-order valence-electron chi connectivity index (χ4n) is 3.70. The van der Waals surface area contributed by atoms with Crippen molar-refractivity contribution < 1.29 is 13.9 Å². The number of benzene rings is 4. The first-order valence-electron chi connectivity index (χ1n) is 8.19. The van der Waals surface area contributed by atoms with Gasteiger partial charge in [0.25, 0.3) is 0 Å². The molecule has 25 heavy (non-hydrogen) atoms. The van der Waals surface area contributed by atoms with Crippen LogP contribution in [0.3, 0.4) is 0 Å². The molecule has 0 unspecified atom stereocenters. The highest BCUT2D eigenvalue weighted by Crippen LogP contribution is 2.44. The van der Waals surface area contributed by atoms with E-state index in [-0.39, 0.29) is 0 Å². The summed E-state index contributed by atoms with van der Waals surface area (Å²) >= 11 is 0. The summed E-state index contributed by atoms with van der Waals surface area (Å²) in [4.78, 5) is 0. The molecule has 0 aliphatic rings. The summed E-state index contributed by atoms with van der Waals surface area (Å²) in [5.74, 6) is 1.05. The molecule has 0 saturated heterocycles. The van der Waals surface area contributed by atoms with Gasteiger partial charge in [0, 0.05) is 0 Å². The molecule has 3 heteroatoms. The highest BCUT2D eigenvalue weighted by Gasteiger charge is 2.19. The van der Waals surface area contributed by atoms with Crippen LogP contribution in [0.2, 0.25) is 0 Å². The lowest BCUT2D eigenvalue weighted by molar-refractivity contribution is 0.287. The lowest BCUT2D eigenvalue weighted by Crippen LogP contribution is -1.86. The van der Waals surface area contributed by atoms with Gasteiger partial charge in [-0.3, -0.25) is 0 Å². The van der Waals surface area contributed by atoms with E-state index in [9.17, 15) is 0 Å². The SMILES string of the molecule is COc1oc2ccc3c4cc5ccccc5cc4ccc3c2c1OC. The Bertz CT molecular complexity index is 1260. The summed E-state index contributed by atoms with van der Waals surface area (Å²) in [7, 11) is 3.23. The van der Waals surface area contributed by atoms with Crippen molar-refractivity contribution >= 4 is 43.3 Å². The second-order valence-corrected chi connectivity index (χ2v) is 6.15. The van der Waals surface area contributed by atoms with Gasteiger partial charge in [-0.1, -0.05) is 36.4 Å². The molecular formula is C22H16O3. The predicted molar refractivity (Wildman–Crippen MR) is 102 cm³/mol. The van der Waals surface area contributed by atoms with Crippen molar-refractivity contribution in [3.8, 4) is 11.7 Å². The van der Waals surface area contributed by atoms with Crippen molar-refractivity contribution in [3.63, 3.8) is 0 Å². The van der Waals surface area contributed by atoms with Crippen LogP contribution in [-0.2, 0) is 0 Å². The van der Waals surface area contributed by atoms with Crippen LogP contribution in [-0.4, -0.2) is 14.2 Å². The molecule has 0 fully saturated rings. The second kappa shape index (κ2) is 5.15. The van der Waals surface area contributed by atoms with Crippen molar-refractivity contribution in [1.82, 2.24) is 0 Å². The first-order chi connectivity index (χ1) is 12.3. The standard InChI is InChI=1S/C22H16O3/c1-23-21-20-17-8-7-15-11-13-5-3-4-6-14(13)12-18(15)16(17)9-10-19(20)25-22(21)24-2/h3-12H,1-2H3. The molecular weight excluding hydrogens is 312 g/mol. The third kappa shape index (κ3) is 1.92. The molecule has 5 aromatic rings. The molecule has 122 valence electrons. The van der Waals surface area contributed by atoms with Crippen molar-refractivity contribution in [2.75, 3.05) is 14.2 Å². The fraction of sp³-hybridized carbons (Fsp3) is 0.0909. The smallest absolute Gasteiger partial charge is 0.329 e. The second-order valence-electron chi connectivity index (χ2n) is 6.15. The van der Waals surface area contributed by atoms with Gasteiger partial charge in [-0.15, -0.1) is 0 Å². The summed E-state index contributed by atoms with van der Waals surface area (Å²) < 4.78 is 16.7. The Hall–Kier alpha value is -3.20. The van der Waals surface area contributed by atoms with Crippen molar-refractivity contribution in [3.05, 3.63) is 60.7 Å². The maximum absolute atomic E-state index is 5.78. The first-order valence-corrected chi connectivity index (χ1v) is 8.19. The van der Waals surface area contributed by atoms with Gasteiger partial charge >= 0.3 is 5.95 Å². The van der Waals surface area contributed by atoms with E-state index >= 15 is 0 Å². The Morgan fingerprint density at radius 2 is 1.44 bits per heavy atom. The van der Waals surface area contributed by atoms with E-state index in [0.29, 0.717) is 11.7 Å². The molecule has 0 atom stereocenters. The Morgan fingerprint density at radius 1 is 0.680 bits per heavy atom. The van der Waals surface area contributed by atoms with Crippen molar-refractivity contribution in [2.24, 2.45) is 0 Å². The topological polar surface area (TPSA) is 31.6 Å². The molecule has 0 spiro atoms. The zero-order valence-electron chi connectivity index (χ0n) is 14.0. The Labute approximate surface area is 144 Å². The average molecular weight is 328 g/mol. The van der Waals surface area contributed by atoms with E-state index in [4.69, 9.17) is 13.9 Å². The lowest BCUT2D eigenvalue weighted by Gasteiger charge is -2.08. The maximum Gasteiger partial charge on any atom is 0.329 e. The normalized spacial score (nSPS) is 11.6. The van der Waals surface area contributed by atoms with Crippen molar-refractivity contribution in [1.29, 1.82) is 0 Å². The van der Waals surface area contributed by atoms with E-state index in [1.165, 1.54) is 26.9 Å². The number of fused-ring (bicyclic) bond motifs is 6. The van der Waals surface area contributed by atoms with Gasteiger partial charge in [0.05, 0.1) is 19.6 Å². The van der Waals surface area contributed by atoms with Crippen LogP contribution in [0.5, 0.6) is 11.7 Å². The molecule has 5 rings (SSSR count). The number of furan rings is 1. The van der Waals surface area contributed by atoms with Gasteiger partial charge in [0.1, 0.15) is 5.58 Å². The first kappa shape index (κ1) is 14.2. The summed E-state index contributed by atoms with van der Waals surface area (Å²) in [6.45, 7) is 0. The molecule has 1 heterocycles. The summed E-state index contributed by atoms with van der Waals surface area (Å²) in [5, 5.41) is 8.16. The molecule has 0 N–H and O–H groups in total. The number of methoxy groups -OCH3 is 2. The molecule has 1 aromatic heterocycles. The molecule has 0 aliphatic carbocycles. The molecule has 0 radical (unpaired) electrons. The number of rotatable bonds is 2. The number of ether oxygens (including phenoxy) is 2. The lowest BCUT2D eigenvalue weighted by atomic mass is 9.97. The molecule has 3 nitrogen and oxygen atoms in total. The van der Waals surface area contributed by atoms with Gasteiger partial charge in [0.15, 0.2) is 0 Å². The van der Waals surface area contributed by atoms with Crippen LogP contribution in [0.1, 0.15) is 0 Å². The van der Waals surface area contributed by atoms with Gasteiger partial charge in [-0.2, -0.15) is 0 Å². The molecule has 0 amide bonds. The van der Waals surface area contributed by atoms with Gasteiger partial charge in [0.2, 0.25) is 5.75 Å². The van der Waals surface area contributed by atoms with Crippen LogP contribution in [0.4, 0.5) is 0 Å². The average Bonchev–Trinajstić information content (AvgIpc) is 3.04. The Balaban J connectivity index is 1.97. The number of hydrogen-bond acceptors (Lipinski definition) is 3. The molecule has 0 aliphatic heterocycles. The molecule has 4 aromatic carbocycles. The predicted octanol–water partition coefficient (Wildman–Crippen LogP) is 5.91. The minimum Gasteiger partial charge on any atom is -0.489 e. The number of hydrogen-bond donors (Lipinski definition) is 0. The summed E-state index contributed by atoms with van der Waals surface area (Å²) in [5.41, 5.74) is 0.765. The quantitative estimate of drug-likeness (QED) is 0.298. The van der Waals surface area contributed by atoms with E-state index in [2.05, 4.69) is 54.6 Å². The Kier molecular flexibility index (Phi) is 2.92. The third-order valence-electron chi connectivity index (χ3n) is 4.85. The van der Waals surface area contributed by atoms with E-state index in [1.807, 2.05) is 6.07 Å². The molecule has 0 bridgehead atoms. The summed E-state index contributed by atoms with van der Waals surface area (Å²) in [6.07, 6.45) is 0. The largest absolute Gasteiger partial charge is 0.489 e. The van der Waals surface area contributed by atoms with E-state index in [0.717, 1.165) is 16.4 Å². The zero-order chi connectivity index (χ0) is 17.0. The van der Waals surface area contributed by atoms with Crippen LogP contribution in [0.25, 0.3) is 43.3 Å². The minimum atomic E-state index is 0.406. The van der Waals surface area contributed by atoms with Crippen LogP contribution in [0, 0.1) is 0 Å². The van der Waals surface area contributed by atoms with E-state index < -0.39 is 0 Å². The minimum absolute atomic E-state index is 0.406. The zero-order valence-corrected chi connectivity index (χ0v) is 14.0. The fourth-order valence-corrected chi connectivity index (χ4v) is 3.70. The van der Waals surface area contributed by atoms with Crippen LogP contribution in [0.15, 0.2) is 65.1 Å². The molecule has 0 saturated carbocycles. The van der Waals surface area contributed by atoms with Gasteiger partial charge in [-0.25, -0.2) is 0 Å². The highest BCUT2D eigenvalue weighted by atomic mass is 16.6. The van der Waals surface area contributed by atoms with Gasteiger partial charge < -0.3 is 13.9 Å². The third-order valence-corrected chi connectivity index (χ3v) is 4.85. The monoisotopic (exact) mass is 328 g/mol. The van der Waals surface area contributed by atoms with Crippen molar-refractivity contribution in [2.45, 2.75) is 0 Å².